The molecule has 0 aliphatic heterocycles. The summed E-state index contributed by atoms with van der Waals surface area (Å²) in [5.74, 6) is 0. The highest BCUT2D eigenvalue weighted by Gasteiger charge is 2.53. The molecule has 0 aromatic carbocycles. The summed E-state index contributed by atoms with van der Waals surface area (Å²) in [5.41, 5.74) is -0.692. The summed E-state index contributed by atoms with van der Waals surface area (Å²) in [4.78, 5) is 11.4. The first-order valence-electron chi connectivity index (χ1n) is 5.37. The maximum atomic E-state index is 11.8. The Hall–Kier alpha value is -0.780. The summed E-state index contributed by atoms with van der Waals surface area (Å²) < 4.78 is 29.8. The molecule has 0 radical (unpaired) electrons. The molecule has 5 nitrogen and oxygen atoms in total. The van der Waals surface area contributed by atoms with Gasteiger partial charge in [-0.15, -0.1) is 0 Å². The molecule has 1 aliphatic carbocycles. The average Bonchev–Trinajstić information content (AvgIpc) is 2.78. The number of nitrogens with one attached hydrogen (secondary N) is 1. The maximum Gasteiger partial charge on any atom is 0.421 e. The third kappa shape index (κ3) is 2.87. The summed E-state index contributed by atoms with van der Waals surface area (Å²) >= 11 is 0. The largest absolute Gasteiger partial charge is 0.443 e. The summed E-state index contributed by atoms with van der Waals surface area (Å²) in [6.07, 6.45) is 0.848. The van der Waals surface area contributed by atoms with Crippen molar-refractivity contribution >= 4 is 16.1 Å². The number of ether oxygens (including phenoxy) is 1. The lowest BCUT2D eigenvalue weighted by Crippen LogP contribution is -2.42. The number of carbonyl (C=O) groups excluding carboxylic acids is 1. The van der Waals surface area contributed by atoms with E-state index in [0.717, 1.165) is 0 Å². The molecule has 16 heavy (non-hydrogen) atoms. The van der Waals surface area contributed by atoms with E-state index in [-0.39, 0.29) is 0 Å². The van der Waals surface area contributed by atoms with Gasteiger partial charge >= 0.3 is 6.09 Å². The van der Waals surface area contributed by atoms with Gasteiger partial charge in [-0.3, -0.25) is 0 Å². The van der Waals surface area contributed by atoms with E-state index in [4.69, 9.17) is 4.74 Å². The van der Waals surface area contributed by atoms with E-state index in [1.165, 1.54) is 0 Å². The predicted molar refractivity (Wildman–Crippen MR) is 60.5 cm³/mol. The van der Waals surface area contributed by atoms with Crippen LogP contribution in [0.5, 0.6) is 0 Å². The molecule has 1 rings (SSSR count). The lowest BCUT2D eigenvalue weighted by Gasteiger charge is -2.21. The topological polar surface area (TPSA) is 72.5 Å². The van der Waals surface area contributed by atoms with Crippen molar-refractivity contribution in [3.05, 3.63) is 0 Å². The second kappa shape index (κ2) is 3.91. The molecule has 1 amide bonds. The Labute approximate surface area is 96.6 Å². The predicted octanol–water partition coefficient (Wildman–Crippen LogP) is 1.78. The fourth-order valence-electron chi connectivity index (χ4n) is 1.47. The molecule has 1 saturated carbocycles. The zero-order valence-electron chi connectivity index (χ0n) is 10.2. The third-order valence-electron chi connectivity index (χ3n) is 2.64. The molecule has 0 aromatic rings. The van der Waals surface area contributed by atoms with Crippen LogP contribution in [0.4, 0.5) is 4.79 Å². The number of rotatable bonds is 3. The Balaban J connectivity index is 2.65. The van der Waals surface area contributed by atoms with E-state index in [1.54, 1.807) is 27.7 Å². The molecule has 0 heterocycles. The van der Waals surface area contributed by atoms with Crippen LogP contribution in [0.2, 0.25) is 0 Å². The summed E-state index contributed by atoms with van der Waals surface area (Å²) in [7, 11) is -3.59. The van der Waals surface area contributed by atoms with Crippen molar-refractivity contribution < 1.29 is 17.9 Å². The second-order valence-electron chi connectivity index (χ2n) is 5.14. The highest BCUT2D eigenvalue weighted by molar-refractivity contribution is 7.91. The van der Waals surface area contributed by atoms with Gasteiger partial charge in [0, 0.05) is 0 Å². The van der Waals surface area contributed by atoms with Crippen LogP contribution in [-0.4, -0.2) is 24.9 Å². The van der Waals surface area contributed by atoms with Gasteiger partial charge in [0.15, 0.2) is 0 Å². The van der Waals surface area contributed by atoms with Crippen LogP contribution in [0.3, 0.4) is 0 Å². The molecule has 1 fully saturated rings. The van der Waals surface area contributed by atoms with Gasteiger partial charge in [-0.25, -0.2) is 17.9 Å². The van der Waals surface area contributed by atoms with Crippen LogP contribution in [0, 0.1) is 0 Å². The minimum Gasteiger partial charge on any atom is -0.443 e. The molecule has 0 aromatic heterocycles. The normalized spacial score (nSPS) is 19.0. The quantitative estimate of drug-likeness (QED) is 0.827. The number of hydrogen-bond donors (Lipinski definition) is 1. The highest BCUT2D eigenvalue weighted by Crippen LogP contribution is 2.45. The smallest absolute Gasteiger partial charge is 0.421 e. The third-order valence-corrected chi connectivity index (χ3v) is 4.91. The van der Waals surface area contributed by atoms with Gasteiger partial charge in [-0.05, 0) is 40.0 Å². The Morgan fingerprint density at radius 3 is 2.19 bits per heavy atom. The van der Waals surface area contributed by atoms with E-state index in [2.05, 4.69) is 0 Å². The van der Waals surface area contributed by atoms with Crippen molar-refractivity contribution in [1.29, 1.82) is 0 Å². The van der Waals surface area contributed by atoms with Crippen molar-refractivity contribution in [2.24, 2.45) is 0 Å². The first-order chi connectivity index (χ1) is 7.12. The van der Waals surface area contributed by atoms with Gasteiger partial charge < -0.3 is 4.74 Å². The molecule has 94 valence electrons. The van der Waals surface area contributed by atoms with Gasteiger partial charge in [-0.1, -0.05) is 6.92 Å². The fraction of sp³-hybridized carbons (Fsp3) is 0.900. The molecule has 0 unspecified atom stereocenters. The van der Waals surface area contributed by atoms with Crippen LogP contribution < -0.4 is 4.72 Å². The highest BCUT2D eigenvalue weighted by atomic mass is 32.2. The van der Waals surface area contributed by atoms with E-state index < -0.39 is 26.5 Å². The van der Waals surface area contributed by atoms with Crippen molar-refractivity contribution in [2.45, 2.75) is 57.3 Å². The lowest BCUT2D eigenvalue weighted by molar-refractivity contribution is 0.0569. The van der Waals surface area contributed by atoms with Crippen molar-refractivity contribution in [1.82, 2.24) is 4.72 Å². The number of sulfonamides is 1. The summed E-state index contributed by atoms with van der Waals surface area (Å²) in [5, 5.41) is 0. The van der Waals surface area contributed by atoms with Crippen LogP contribution >= 0.6 is 0 Å². The van der Waals surface area contributed by atoms with Crippen molar-refractivity contribution in [3.63, 3.8) is 0 Å². The van der Waals surface area contributed by atoms with Crippen molar-refractivity contribution in [3.8, 4) is 0 Å². The van der Waals surface area contributed by atoms with Gasteiger partial charge in [-0.2, -0.15) is 0 Å². The fourth-order valence-corrected chi connectivity index (χ4v) is 2.97. The standard InChI is InChI=1S/C10H19NO4S/c1-5-10(6-7-10)16(13,14)11-8(12)15-9(2,3)4/h5-7H2,1-4H3,(H,11,12). The SMILES string of the molecule is CCC1(S(=O)(=O)NC(=O)OC(C)(C)C)CC1. The number of hydrogen-bond acceptors (Lipinski definition) is 4. The van der Waals surface area contributed by atoms with E-state index in [9.17, 15) is 13.2 Å². The Morgan fingerprint density at radius 2 is 1.88 bits per heavy atom. The van der Waals surface area contributed by atoms with Crippen LogP contribution in [-0.2, 0) is 14.8 Å². The molecule has 0 spiro atoms. The van der Waals surface area contributed by atoms with E-state index in [1.807, 2.05) is 4.72 Å². The molecular formula is C10H19NO4S. The number of carbonyl (C=O) groups is 1. The molecule has 1 N–H and O–H groups in total. The first-order valence-corrected chi connectivity index (χ1v) is 6.85. The van der Waals surface area contributed by atoms with Crippen LogP contribution in [0.1, 0.15) is 47.0 Å². The maximum absolute atomic E-state index is 11.8. The van der Waals surface area contributed by atoms with Crippen molar-refractivity contribution in [2.75, 3.05) is 0 Å². The molecule has 1 aliphatic rings. The monoisotopic (exact) mass is 249 g/mol. The number of amides is 1. The Kier molecular flexibility index (Phi) is 3.24. The zero-order valence-corrected chi connectivity index (χ0v) is 11.0. The molecule has 0 atom stereocenters. The van der Waals surface area contributed by atoms with Crippen LogP contribution in [0.15, 0.2) is 0 Å². The molecule has 0 bridgehead atoms. The Morgan fingerprint density at radius 1 is 1.38 bits per heavy atom. The molecule has 0 saturated heterocycles. The molecular weight excluding hydrogens is 230 g/mol. The first kappa shape index (κ1) is 13.3. The van der Waals surface area contributed by atoms with Gasteiger partial charge in [0.25, 0.3) is 0 Å². The van der Waals surface area contributed by atoms with Crippen LogP contribution in [0.25, 0.3) is 0 Å². The lowest BCUT2D eigenvalue weighted by atomic mass is 10.2. The van der Waals surface area contributed by atoms with E-state index >= 15 is 0 Å². The Bertz CT molecular complexity index is 376. The average molecular weight is 249 g/mol. The molecule has 6 heteroatoms. The zero-order chi connectivity index (χ0) is 12.6. The van der Waals surface area contributed by atoms with E-state index in [0.29, 0.717) is 19.3 Å². The summed E-state index contributed by atoms with van der Waals surface area (Å²) in [6, 6.07) is 0. The van der Waals surface area contributed by atoms with Gasteiger partial charge in [0.05, 0.1) is 4.75 Å². The van der Waals surface area contributed by atoms with Gasteiger partial charge in [0.2, 0.25) is 10.0 Å². The minimum absolute atomic E-state index is 0.519. The second-order valence-corrected chi connectivity index (χ2v) is 7.22. The summed E-state index contributed by atoms with van der Waals surface area (Å²) in [6.45, 7) is 6.87. The van der Waals surface area contributed by atoms with Gasteiger partial charge in [0.1, 0.15) is 5.60 Å². The minimum atomic E-state index is -3.59.